The molecule has 2 fully saturated rings. The van der Waals surface area contributed by atoms with Crippen molar-refractivity contribution < 1.29 is 17.9 Å². The second kappa shape index (κ2) is 10.2. The molecule has 0 atom stereocenters. The maximum absolute atomic E-state index is 12.9. The van der Waals surface area contributed by atoms with Crippen LogP contribution in [0.4, 0.5) is 5.82 Å². The number of amides is 1. The van der Waals surface area contributed by atoms with Gasteiger partial charge in [-0.25, -0.2) is 13.4 Å². The highest BCUT2D eigenvalue weighted by molar-refractivity contribution is 7.97. The van der Waals surface area contributed by atoms with E-state index in [2.05, 4.69) is 9.88 Å². The smallest absolute Gasteiger partial charge is 0.253 e. The molecule has 2 aliphatic rings. The number of nitrogens with zero attached hydrogens (tertiary/aromatic N) is 4. The molecule has 10 heteroatoms. The van der Waals surface area contributed by atoms with Crippen molar-refractivity contribution in [3.63, 3.8) is 0 Å². The SMILES string of the molecule is CSCc1cccc(C(=O)N2CCN(c3ccc(S(=O)(=O)N4CCOCC4)cn3)CC2)c1. The highest BCUT2D eigenvalue weighted by atomic mass is 32.2. The van der Waals surface area contributed by atoms with E-state index in [4.69, 9.17) is 4.74 Å². The van der Waals surface area contributed by atoms with Crippen molar-refractivity contribution in [1.29, 1.82) is 0 Å². The zero-order chi connectivity index (χ0) is 22.6. The predicted molar refractivity (Wildman–Crippen MR) is 126 cm³/mol. The summed E-state index contributed by atoms with van der Waals surface area (Å²) in [6.45, 7) is 4.05. The predicted octanol–water partition coefficient (Wildman–Crippen LogP) is 1.93. The molecule has 2 saturated heterocycles. The zero-order valence-electron chi connectivity index (χ0n) is 18.1. The molecule has 1 aromatic carbocycles. The number of anilines is 1. The fourth-order valence-corrected chi connectivity index (χ4v) is 5.80. The van der Waals surface area contributed by atoms with Gasteiger partial charge in [-0.05, 0) is 36.1 Å². The van der Waals surface area contributed by atoms with Crippen LogP contribution in [0.15, 0.2) is 47.5 Å². The summed E-state index contributed by atoms with van der Waals surface area (Å²) in [6, 6.07) is 11.2. The third-order valence-electron chi connectivity index (χ3n) is 5.70. The van der Waals surface area contributed by atoms with Crippen LogP contribution in [0.1, 0.15) is 15.9 Å². The third kappa shape index (κ3) is 5.09. The quantitative estimate of drug-likeness (QED) is 0.630. The Bertz CT molecular complexity index is 1030. The lowest BCUT2D eigenvalue weighted by Crippen LogP contribution is -2.49. The van der Waals surface area contributed by atoms with E-state index in [-0.39, 0.29) is 10.8 Å². The maximum atomic E-state index is 12.9. The van der Waals surface area contributed by atoms with Gasteiger partial charge in [0, 0.05) is 56.8 Å². The summed E-state index contributed by atoms with van der Waals surface area (Å²) in [5.41, 5.74) is 1.87. The van der Waals surface area contributed by atoms with Crippen LogP contribution in [0.5, 0.6) is 0 Å². The molecular weight excluding hydrogens is 448 g/mol. The monoisotopic (exact) mass is 476 g/mol. The van der Waals surface area contributed by atoms with Gasteiger partial charge in [0.25, 0.3) is 5.91 Å². The highest BCUT2D eigenvalue weighted by Gasteiger charge is 2.27. The molecule has 0 N–H and O–H groups in total. The number of ether oxygens (including phenoxy) is 1. The normalized spacial score (nSPS) is 18.0. The van der Waals surface area contributed by atoms with E-state index in [0.29, 0.717) is 52.5 Å². The average Bonchev–Trinajstić information content (AvgIpc) is 2.85. The lowest BCUT2D eigenvalue weighted by Gasteiger charge is -2.35. The molecule has 0 saturated carbocycles. The number of benzene rings is 1. The van der Waals surface area contributed by atoms with Gasteiger partial charge in [-0.15, -0.1) is 0 Å². The van der Waals surface area contributed by atoms with Gasteiger partial charge in [0.2, 0.25) is 10.0 Å². The van der Waals surface area contributed by atoms with Gasteiger partial charge < -0.3 is 14.5 Å². The van der Waals surface area contributed by atoms with Gasteiger partial charge in [0.1, 0.15) is 10.7 Å². The molecule has 3 heterocycles. The van der Waals surface area contributed by atoms with Crippen LogP contribution in [0.2, 0.25) is 0 Å². The lowest BCUT2D eigenvalue weighted by molar-refractivity contribution is 0.0730. The maximum Gasteiger partial charge on any atom is 0.253 e. The number of sulfonamides is 1. The van der Waals surface area contributed by atoms with Gasteiger partial charge in [-0.3, -0.25) is 4.79 Å². The van der Waals surface area contributed by atoms with E-state index < -0.39 is 10.0 Å². The van der Waals surface area contributed by atoms with Gasteiger partial charge in [-0.2, -0.15) is 16.1 Å². The van der Waals surface area contributed by atoms with E-state index >= 15 is 0 Å². The Morgan fingerprint density at radius 2 is 1.81 bits per heavy atom. The molecule has 4 rings (SSSR count). The minimum absolute atomic E-state index is 0.0486. The number of aromatic nitrogens is 1. The van der Waals surface area contributed by atoms with Crippen molar-refractivity contribution in [2.24, 2.45) is 0 Å². The number of hydrogen-bond donors (Lipinski definition) is 0. The van der Waals surface area contributed by atoms with E-state index in [1.54, 1.807) is 23.9 Å². The molecule has 1 aromatic heterocycles. The number of carbonyl (C=O) groups excluding carboxylic acids is 1. The Kier molecular flexibility index (Phi) is 7.34. The minimum atomic E-state index is -3.55. The minimum Gasteiger partial charge on any atom is -0.379 e. The number of carbonyl (C=O) groups is 1. The van der Waals surface area contributed by atoms with Crippen molar-refractivity contribution in [3.8, 4) is 0 Å². The van der Waals surface area contributed by atoms with Gasteiger partial charge >= 0.3 is 0 Å². The van der Waals surface area contributed by atoms with E-state index in [9.17, 15) is 13.2 Å². The second-order valence-corrected chi connectivity index (χ2v) is 10.6. The molecule has 172 valence electrons. The first-order valence-electron chi connectivity index (χ1n) is 10.6. The van der Waals surface area contributed by atoms with Gasteiger partial charge in [0.15, 0.2) is 0 Å². The molecule has 0 radical (unpaired) electrons. The number of thioether (sulfide) groups is 1. The standard InChI is InChI=1S/C22H28N4O4S2/c1-31-17-18-3-2-4-19(15-18)22(27)25-9-7-24(8-10-25)21-6-5-20(16-23-21)32(28,29)26-11-13-30-14-12-26/h2-6,15-16H,7-14,17H2,1H3. The molecule has 1 amide bonds. The lowest BCUT2D eigenvalue weighted by atomic mass is 10.1. The number of hydrogen-bond acceptors (Lipinski definition) is 7. The molecule has 0 aliphatic carbocycles. The van der Waals surface area contributed by atoms with Crippen molar-refractivity contribution >= 4 is 33.5 Å². The summed E-state index contributed by atoms with van der Waals surface area (Å²) in [6.07, 6.45) is 3.47. The van der Waals surface area contributed by atoms with Crippen molar-refractivity contribution in [3.05, 3.63) is 53.7 Å². The molecule has 32 heavy (non-hydrogen) atoms. The summed E-state index contributed by atoms with van der Waals surface area (Å²) in [4.78, 5) is 21.5. The topological polar surface area (TPSA) is 83.1 Å². The van der Waals surface area contributed by atoms with Crippen molar-refractivity contribution in [1.82, 2.24) is 14.2 Å². The van der Waals surface area contributed by atoms with Crippen LogP contribution in [0.25, 0.3) is 0 Å². The second-order valence-electron chi connectivity index (χ2n) is 7.78. The first kappa shape index (κ1) is 23.0. The molecule has 2 aliphatic heterocycles. The summed E-state index contributed by atoms with van der Waals surface area (Å²) < 4.78 is 32.2. The Labute approximate surface area is 193 Å². The van der Waals surface area contributed by atoms with Crippen molar-refractivity contribution in [2.45, 2.75) is 10.6 Å². The van der Waals surface area contributed by atoms with E-state index in [1.165, 1.54) is 10.5 Å². The third-order valence-corrected chi connectivity index (χ3v) is 8.21. The zero-order valence-corrected chi connectivity index (χ0v) is 19.8. The Hall–Kier alpha value is -2.14. The summed E-state index contributed by atoms with van der Waals surface area (Å²) in [7, 11) is -3.55. The van der Waals surface area contributed by atoms with Crippen LogP contribution < -0.4 is 4.90 Å². The summed E-state index contributed by atoms with van der Waals surface area (Å²) in [5, 5.41) is 0. The van der Waals surface area contributed by atoms with Crippen LogP contribution in [0.3, 0.4) is 0 Å². The molecule has 0 unspecified atom stereocenters. The largest absolute Gasteiger partial charge is 0.379 e. The highest BCUT2D eigenvalue weighted by Crippen LogP contribution is 2.21. The van der Waals surface area contributed by atoms with Crippen LogP contribution in [-0.2, 0) is 20.5 Å². The summed E-state index contributed by atoms with van der Waals surface area (Å²) in [5.74, 6) is 1.66. The van der Waals surface area contributed by atoms with Crippen LogP contribution in [0, 0.1) is 0 Å². The first-order valence-corrected chi connectivity index (χ1v) is 13.5. The van der Waals surface area contributed by atoms with Gasteiger partial charge in [-0.1, -0.05) is 12.1 Å². The fourth-order valence-electron chi connectivity index (χ4n) is 3.93. The van der Waals surface area contributed by atoms with E-state index in [0.717, 1.165) is 22.7 Å². The number of pyridine rings is 1. The Morgan fingerprint density at radius 3 is 2.47 bits per heavy atom. The first-order chi connectivity index (χ1) is 15.5. The number of piperazine rings is 1. The number of rotatable bonds is 6. The fraction of sp³-hybridized carbons (Fsp3) is 0.455. The van der Waals surface area contributed by atoms with Crippen molar-refractivity contribution in [2.75, 3.05) is 63.6 Å². The average molecular weight is 477 g/mol. The molecular formula is C22H28N4O4S2. The summed E-state index contributed by atoms with van der Waals surface area (Å²) >= 11 is 1.73. The molecule has 8 nitrogen and oxygen atoms in total. The molecule has 0 spiro atoms. The molecule has 2 aromatic rings. The van der Waals surface area contributed by atoms with Gasteiger partial charge in [0.05, 0.1) is 13.2 Å². The Morgan fingerprint density at radius 1 is 1.06 bits per heavy atom. The van der Waals surface area contributed by atoms with E-state index in [1.807, 2.05) is 35.4 Å². The van der Waals surface area contributed by atoms with Crippen LogP contribution in [-0.4, -0.2) is 87.3 Å². The Balaban J connectivity index is 1.37. The molecule has 0 bridgehead atoms. The van der Waals surface area contributed by atoms with Crippen LogP contribution >= 0.6 is 11.8 Å². The number of morpholine rings is 1.